The van der Waals surface area contributed by atoms with Crippen molar-refractivity contribution in [3.05, 3.63) is 53.1 Å². The van der Waals surface area contributed by atoms with Crippen LogP contribution in [0.2, 0.25) is 0 Å². The molecule has 0 radical (unpaired) electrons. The maximum atomic E-state index is 13.0. The highest BCUT2D eigenvalue weighted by atomic mass is 19.4. The minimum Gasteiger partial charge on any atom is -0.493 e. The molecule has 0 aliphatic carbocycles. The molecule has 2 aromatic rings. The zero-order chi connectivity index (χ0) is 19.3. The molecule has 0 atom stereocenters. The fourth-order valence-electron chi connectivity index (χ4n) is 2.21. The fraction of sp³-hybridized carbons (Fsp3) is 0.235. The number of anilines is 1. The normalized spacial score (nSPS) is 11.2. The van der Waals surface area contributed by atoms with Gasteiger partial charge < -0.3 is 14.8 Å². The van der Waals surface area contributed by atoms with E-state index in [-0.39, 0.29) is 23.7 Å². The summed E-state index contributed by atoms with van der Waals surface area (Å²) in [4.78, 5) is 0. The molecule has 0 unspecified atom stereocenters. The minimum atomic E-state index is -4.65. The molecule has 2 aromatic carbocycles. The molecule has 1 N–H and O–H groups in total. The number of hydrogen-bond acceptors (Lipinski definition) is 4. The van der Waals surface area contributed by atoms with E-state index in [4.69, 9.17) is 10.00 Å². The molecule has 0 spiro atoms. The molecule has 0 aromatic heterocycles. The van der Waals surface area contributed by atoms with Gasteiger partial charge in [-0.1, -0.05) is 6.07 Å². The van der Waals surface area contributed by atoms with Crippen molar-refractivity contribution in [1.29, 1.82) is 5.26 Å². The molecular weight excluding hydrogens is 359 g/mol. The van der Waals surface area contributed by atoms with Crippen LogP contribution in [0.5, 0.6) is 11.5 Å². The Kier molecular flexibility index (Phi) is 5.87. The second kappa shape index (κ2) is 7.91. The van der Waals surface area contributed by atoms with Crippen molar-refractivity contribution in [2.45, 2.75) is 19.3 Å². The predicted molar refractivity (Wildman–Crippen MR) is 83.1 cm³/mol. The monoisotopic (exact) mass is 372 g/mol. The van der Waals surface area contributed by atoms with E-state index < -0.39 is 23.9 Å². The maximum absolute atomic E-state index is 13.0. The van der Waals surface area contributed by atoms with Crippen LogP contribution in [0.3, 0.4) is 0 Å². The molecule has 0 bridgehead atoms. The summed E-state index contributed by atoms with van der Waals surface area (Å²) in [6.07, 6.45) is -4.65. The van der Waals surface area contributed by atoms with Gasteiger partial charge in [-0.25, -0.2) is 0 Å². The third-order valence-electron chi connectivity index (χ3n) is 3.39. The SMILES string of the molecule is COc1cc(CNc2ccc(C#N)c(C(F)(F)F)c2)ccc1OC(F)F. The van der Waals surface area contributed by atoms with Crippen molar-refractivity contribution >= 4 is 5.69 Å². The molecule has 0 heterocycles. The highest BCUT2D eigenvalue weighted by Crippen LogP contribution is 2.34. The molecule has 26 heavy (non-hydrogen) atoms. The second-order valence-corrected chi connectivity index (χ2v) is 5.09. The fourth-order valence-corrected chi connectivity index (χ4v) is 2.21. The molecule has 0 saturated heterocycles. The van der Waals surface area contributed by atoms with E-state index in [1.165, 1.54) is 37.4 Å². The van der Waals surface area contributed by atoms with E-state index in [0.717, 1.165) is 12.1 Å². The lowest BCUT2D eigenvalue weighted by Gasteiger charge is -2.14. The number of nitrogens with one attached hydrogen (secondary N) is 1. The summed E-state index contributed by atoms with van der Waals surface area (Å²) in [5, 5.41) is 11.6. The van der Waals surface area contributed by atoms with Gasteiger partial charge in [-0.3, -0.25) is 0 Å². The molecule has 0 aliphatic rings. The number of nitrogens with zero attached hydrogens (tertiary/aromatic N) is 1. The Hall–Kier alpha value is -3.02. The summed E-state index contributed by atoms with van der Waals surface area (Å²) < 4.78 is 72.7. The number of nitriles is 1. The molecule has 0 fully saturated rings. The van der Waals surface area contributed by atoms with Gasteiger partial charge in [0.2, 0.25) is 0 Å². The first-order chi connectivity index (χ1) is 12.2. The van der Waals surface area contributed by atoms with E-state index in [0.29, 0.717) is 5.56 Å². The zero-order valence-electron chi connectivity index (χ0n) is 13.4. The Morgan fingerprint density at radius 1 is 1.12 bits per heavy atom. The number of benzene rings is 2. The lowest BCUT2D eigenvalue weighted by Crippen LogP contribution is -2.09. The van der Waals surface area contributed by atoms with Crippen LogP contribution >= 0.6 is 0 Å². The van der Waals surface area contributed by atoms with Gasteiger partial charge in [-0.05, 0) is 35.9 Å². The third kappa shape index (κ3) is 4.75. The molecule has 9 heteroatoms. The lowest BCUT2D eigenvalue weighted by molar-refractivity contribution is -0.137. The Labute approximate surface area is 145 Å². The van der Waals surface area contributed by atoms with Crippen LogP contribution in [0.25, 0.3) is 0 Å². The van der Waals surface area contributed by atoms with Gasteiger partial charge in [0.05, 0.1) is 24.3 Å². The number of ether oxygens (including phenoxy) is 2. The lowest BCUT2D eigenvalue weighted by atomic mass is 10.1. The first-order valence-corrected chi connectivity index (χ1v) is 7.21. The van der Waals surface area contributed by atoms with Crippen LogP contribution in [0.1, 0.15) is 16.7 Å². The van der Waals surface area contributed by atoms with Crippen molar-refractivity contribution in [3.8, 4) is 17.6 Å². The average molecular weight is 372 g/mol. The van der Waals surface area contributed by atoms with Gasteiger partial charge in [0.1, 0.15) is 0 Å². The largest absolute Gasteiger partial charge is 0.493 e. The highest BCUT2D eigenvalue weighted by molar-refractivity contribution is 5.53. The molecular formula is C17H13F5N2O2. The maximum Gasteiger partial charge on any atom is 0.417 e. The minimum absolute atomic E-state index is 0.0698. The van der Waals surface area contributed by atoms with E-state index in [2.05, 4.69) is 10.1 Å². The van der Waals surface area contributed by atoms with Crippen LogP contribution in [0.15, 0.2) is 36.4 Å². The Morgan fingerprint density at radius 3 is 2.42 bits per heavy atom. The van der Waals surface area contributed by atoms with Crippen LogP contribution < -0.4 is 14.8 Å². The first kappa shape index (κ1) is 19.3. The number of halogens is 5. The number of hydrogen-bond donors (Lipinski definition) is 1. The Balaban J connectivity index is 2.17. The van der Waals surface area contributed by atoms with Gasteiger partial charge in [-0.15, -0.1) is 0 Å². The molecule has 0 amide bonds. The smallest absolute Gasteiger partial charge is 0.417 e. The summed E-state index contributed by atoms with van der Waals surface area (Å²) in [5.41, 5.74) is -0.786. The third-order valence-corrected chi connectivity index (χ3v) is 3.39. The van der Waals surface area contributed by atoms with E-state index in [1.807, 2.05) is 0 Å². The van der Waals surface area contributed by atoms with Crippen molar-refractivity contribution in [3.63, 3.8) is 0 Å². The number of alkyl halides is 5. The molecule has 4 nitrogen and oxygen atoms in total. The first-order valence-electron chi connectivity index (χ1n) is 7.21. The van der Waals surface area contributed by atoms with Gasteiger partial charge in [0.25, 0.3) is 0 Å². The summed E-state index contributed by atoms with van der Waals surface area (Å²) in [7, 11) is 1.28. The standard InChI is InChI=1S/C17H13F5N2O2/c1-25-15-6-10(2-5-14(15)26-16(18)19)9-24-12-4-3-11(8-23)13(7-12)17(20,21)22/h2-7,16,24H,9H2,1H3. The van der Waals surface area contributed by atoms with Crippen molar-refractivity contribution < 1.29 is 31.4 Å². The van der Waals surface area contributed by atoms with Gasteiger partial charge in [0, 0.05) is 12.2 Å². The Morgan fingerprint density at radius 2 is 1.85 bits per heavy atom. The summed E-state index contributed by atoms with van der Waals surface area (Å²) >= 11 is 0. The van der Waals surface area contributed by atoms with Crippen LogP contribution in [0, 0.1) is 11.3 Å². The zero-order valence-corrected chi connectivity index (χ0v) is 13.4. The highest BCUT2D eigenvalue weighted by Gasteiger charge is 2.33. The van der Waals surface area contributed by atoms with Crippen molar-refractivity contribution in [2.24, 2.45) is 0 Å². The van der Waals surface area contributed by atoms with Gasteiger partial charge >= 0.3 is 12.8 Å². The van der Waals surface area contributed by atoms with Crippen molar-refractivity contribution in [1.82, 2.24) is 0 Å². The van der Waals surface area contributed by atoms with Crippen LogP contribution in [-0.4, -0.2) is 13.7 Å². The second-order valence-electron chi connectivity index (χ2n) is 5.09. The quantitative estimate of drug-likeness (QED) is 0.740. The van der Waals surface area contributed by atoms with Gasteiger partial charge in [0.15, 0.2) is 11.5 Å². The van der Waals surface area contributed by atoms with E-state index >= 15 is 0 Å². The van der Waals surface area contributed by atoms with Gasteiger partial charge in [-0.2, -0.15) is 27.2 Å². The average Bonchev–Trinajstić information content (AvgIpc) is 2.59. The number of rotatable bonds is 6. The van der Waals surface area contributed by atoms with Crippen LogP contribution in [-0.2, 0) is 12.7 Å². The Bertz CT molecular complexity index is 816. The van der Waals surface area contributed by atoms with Crippen LogP contribution in [0.4, 0.5) is 27.6 Å². The van der Waals surface area contributed by atoms with E-state index in [1.54, 1.807) is 0 Å². The summed E-state index contributed by atoms with van der Waals surface area (Å²) in [6.45, 7) is -2.90. The van der Waals surface area contributed by atoms with E-state index in [9.17, 15) is 22.0 Å². The summed E-state index contributed by atoms with van der Waals surface area (Å²) in [6, 6.07) is 8.94. The van der Waals surface area contributed by atoms with Crippen molar-refractivity contribution in [2.75, 3.05) is 12.4 Å². The topological polar surface area (TPSA) is 54.3 Å². The molecule has 138 valence electrons. The molecule has 2 rings (SSSR count). The predicted octanol–water partition coefficient (Wildman–Crippen LogP) is 4.80. The summed E-state index contributed by atoms with van der Waals surface area (Å²) in [5.74, 6) is -0.0793. The molecule has 0 saturated carbocycles. The number of methoxy groups -OCH3 is 1. The molecule has 0 aliphatic heterocycles.